The van der Waals surface area contributed by atoms with Gasteiger partial charge in [0.1, 0.15) is 0 Å². The molecule has 0 amide bonds. The number of carbonyl (C=O) groups is 1. The van der Waals surface area contributed by atoms with E-state index in [1.165, 1.54) is 23.6 Å². The zero-order chi connectivity index (χ0) is 18.4. The van der Waals surface area contributed by atoms with E-state index in [4.69, 9.17) is 0 Å². The lowest BCUT2D eigenvalue weighted by Crippen LogP contribution is -2.49. The van der Waals surface area contributed by atoms with Crippen LogP contribution in [0.5, 0.6) is 0 Å². The summed E-state index contributed by atoms with van der Waals surface area (Å²) < 4.78 is 0. The molecule has 4 aliphatic rings. The number of hydroxylamine groups is 2. The third-order valence-electron chi connectivity index (χ3n) is 6.38. The van der Waals surface area contributed by atoms with Gasteiger partial charge >= 0.3 is 0 Å². The predicted molar refractivity (Wildman–Crippen MR) is 110 cm³/mol. The molecule has 1 aliphatic carbocycles. The lowest BCUT2D eigenvalue weighted by molar-refractivity contribution is -0.135. The molecule has 0 radical (unpaired) electrons. The van der Waals surface area contributed by atoms with Gasteiger partial charge in [0.25, 0.3) is 0 Å². The number of rotatable bonds is 2. The van der Waals surface area contributed by atoms with Crippen LogP contribution in [-0.4, -0.2) is 50.9 Å². The third kappa shape index (κ3) is 3.35. The molecular weight excluding hydrogens is 376 g/mol. The molecule has 0 bridgehead atoms. The van der Waals surface area contributed by atoms with Gasteiger partial charge in [-0.15, -0.1) is 23.5 Å². The first kappa shape index (κ1) is 18.1. The van der Waals surface area contributed by atoms with Crippen LogP contribution in [0.4, 0.5) is 0 Å². The number of allylic oxidation sites excluding steroid dienone is 1. The Hall–Kier alpha value is -0.950. The van der Waals surface area contributed by atoms with Crippen molar-refractivity contribution in [2.45, 2.75) is 58.8 Å². The van der Waals surface area contributed by atoms with Gasteiger partial charge in [0, 0.05) is 28.9 Å². The molecule has 5 rings (SSSR count). The van der Waals surface area contributed by atoms with E-state index in [9.17, 15) is 10.0 Å². The summed E-state index contributed by atoms with van der Waals surface area (Å²) in [6, 6.07) is 10.1. The number of thioether (sulfide) groups is 2. The first-order valence-corrected chi connectivity index (χ1v) is 11.8. The molecule has 5 atom stereocenters. The minimum absolute atomic E-state index is 0.0357. The molecule has 0 spiro atoms. The van der Waals surface area contributed by atoms with Gasteiger partial charge in [0.15, 0.2) is 5.78 Å². The quantitative estimate of drug-likeness (QED) is 0.787. The molecule has 3 aliphatic heterocycles. The molecule has 144 valence electrons. The fraction of sp³-hybridized carbons (Fsp3) is 0.571. The second-order valence-corrected chi connectivity index (χ2v) is 10.6. The Bertz CT molecular complexity index is 754. The van der Waals surface area contributed by atoms with E-state index in [1.807, 2.05) is 30.0 Å². The summed E-state index contributed by atoms with van der Waals surface area (Å²) in [4.78, 5) is 14.6. The number of fused-ring (bicyclic) bond motifs is 3. The molecule has 5 unspecified atom stereocenters. The first-order valence-electron chi connectivity index (χ1n) is 10.0. The van der Waals surface area contributed by atoms with Crippen molar-refractivity contribution in [2.24, 2.45) is 5.92 Å². The van der Waals surface area contributed by atoms with Gasteiger partial charge in [0.2, 0.25) is 0 Å². The van der Waals surface area contributed by atoms with Crippen molar-refractivity contribution >= 4 is 29.3 Å². The van der Waals surface area contributed by atoms with Gasteiger partial charge in [-0.2, -0.15) is 5.06 Å². The van der Waals surface area contributed by atoms with Crippen molar-refractivity contribution in [3.8, 4) is 0 Å². The van der Waals surface area contributed by atoms with E-state index in [1.54, 1.807) is 17.3 Å². The third-order valence-corrected chi connectivity index (χ3v) is 9.43. The molecule has 3 heterocycles. The Balaban J connectivity index is 1.39. The molecular formula is C21H26N2O2S2. The van der Waals surface area contributed by atoms with Crippen molar-refractivity contribution in [1.29, 1.82) is 0 Å². The first-order chi connectivity index (χ1) is 13.2. The molecule has 0 aromatic heterocycles. The number of carbonyl (C=O) groups excluding carboxylic acids is 1. The highest BCUT2D eigenvalue weighted by molar-refractivity contribution is 8.02. The van der Waals surface area contributed by atoms with Gasteiger partial charge in [-0.25, -0.2) is 0 Å². The summed E-state index contributed by atoms with van der Waals surface area (Å²) in [5.74, 6) is 0.881. The van der Waals surface area contributed by atoms with E-state index >= 15 is 0 Å². The Morgan fingerprint density at radius 1 is 1.22 bits per heavy atom. The van der Waals surface area contributed by atoms with Gasteiger partial charge in [-0.05, 0) is 55.7 Å². The Morgan fingerprint density at radius 2 is 2.07 bits per heavy atom. The van der Waals surface area contributed by atoms with Crippen LogP contribution < -0.4 is 5.32 Å². The van der Waals surface area contributed by atoms with Crippen molar-refractivity contribution in [2.75, 3.05) is 13.1 Å². The maximum atomic E-state index is 13.5. The summed E-state index contributed by atoms with van der Waals surface area (Å²) in [6.45, 7) is 1.64. The topological polar surface area (TPSA) is 52.6 Å². The average molecular weight is 403 g/mol. The highest BCUT2D eigenvalue weighted by atomic mass is 32.2. The van der Waals surface area contributed by atoms with E-state index < -0.39 is 0 Å². The fourth-order valence-electron chi connectivity index (χ4n) is 5.08. The van der Waals surface area contributed by atoms with Crippen molar-refractivity contribution in [1.82, 2.24) is 10.4 Å². The van der Waals surface area contributed by atoms with Crippen LogP contribution in [0.2, 0.25) is 0 Å². The summed E-state index contributed by atoms with van der Waals surface area (Å²) in [5, 5.41) is 16.0. The Kier molecular flexibility index (Phi) is 5.01. The molecule has 2 fully saturated rings. The van der Waals surface area contributed by atoms with E-state index in [-0.39, 0.29) is 16.5 Å². The van der Waals surface area contributed by atoms with E-state index in [0.29, 0.717) is 29.9 Å². The van der Waals surface area contributed by atoms with Crippen LogP contribution in [0, 0.1) is 5.92 Å². The maximum absolute atomic E-state index is 13.5. The van der Waals surface area contributed by atoms with Crippen LogP contribution in [-0.2, 0) is 4.79 Å². The average Bonchev–Trinajstić information content (AvgIpc) is 3.02. The van der Waals surface area contributed by atoms with E-state index in [2.05, 4.69) is 17.4 Å². The van der Waals surface area contributed by atoms with Crippen LogP contribution in [0.3, 0.4) is 0 Å². The van der Waals surface area contributed by atoms with Crippen molar-refractivity contribution < 1.29 is 10.0 Å². The SMILES string of the molecule is O=C1C(Sc2ccccc2)CCN(O)C2CC3CC4=C(NCCC4)C3SC12. The number of nitrogens with one attached hydrogen (secondary N) is 1. The van der Waals surface area contributed by atoms with Crippen LogP contribution >= 0.6 is 23.5 Å². The Labute approximate surface area is 169 Å². The minimum Gasteiger partial charge on any atom is -0.387 e. The Morgan fingerprint density at radius 3 is 2.93 bits per heavy atom. The van der Waals surface area contributed by atoms with Crippen LogP contribution in [0.25, 0.3) is 0 Å². The normalized spacial score (nSPS) is 36.5. The predicted octanol–water partition coefficient (Wildman–Crippen LogP) is 3.71. The molecule has 1 aromatic rings. The highest BCUT2D eigenvalue weighted by Crippen LogP contribution is 2.51. The number of hydrogen-bond acceptors (Lipinski definition) is 6. The number of ketones is 1. The summed E-state index contributed by atoms with van der Waals surface area (Å²) in [6.07, 6.45) is 5.21. The molecule has 27 heavy (non-hydrogen) atoms. The lowest BCUT2D eigenvalue weighted by atomic mass is 9.91. The monoisotopic (exact) mass is 402 g/mol. The summed E-state index contributed by atoms with van der Waals surface area (Å²) in [7, 11) is 0. The molecule has 6 heteroatoms. The molecule has 4 nitrogen and oxygen atoms in total. The van der Waals surface area contributed by atoms with Crippen LogP contribution in [0.15, 0.2) is 46.5 Å². The zero-order valence-electron chi connectivity index (χ0n) is 15.3. The highest BCUT2D eigenvalue weighted by Gasteiger charge is 2.50. The fourth-order valence-corrected chi connectivity index (χ4v) is 8.16. The molecule has 0 saturated carbocycles. The van der Waals surface area contributed by atoms with Crippen molar-refractivity contribution in [3.05, 3.63) is 41.6 Å². The standard InChI is InChI=1S/C21H26N2O2S2/c24-19-17(26-15-6-2-1-3-7-15)8-10-23(25)16-12-14-11-13-5-4-9-22-18(13)20(14)27-21(16)19/h1-3,6-7,14,16-17,20-22,25H,4-5,8-12H2. The van der Waals surface area contributed by atoms with Gasteiger partial charge < -0.3 is 10.5 Å². The van der Waals surface area contributed by atoms with E-state index in [0.717, 1.165) is 24.3 Å². The summed E-state index contributed by atoms with van der Waals surface area (Å²) in [5.41, 5.74) is 3.00. The number of nitrogens with zero attached hydrogens (tertiary/aromatic N) is 1. The number of hydrogen-bond donors (Lipinski definition) is 2. The number of benzene rings is 1. The summed E-state index contributed by atoms with van der Waals surface area (Å²) >= 11 is 3.49. The zero-order valence-corrected chi connectivity index (χ0v) is 17.0. The maximum Gasteiger partial charge on any atom is 0.160 e. The van der Waals surface area contributed by atoms with Crippen molar-refractivity contribution in [3.63, 3.8) is 0 Å². The second-order valence-electron chi connectivity index (χ2n) is 8.07. The van der Waals surface area contributed by atoms with Gasteiger partial charge in [-0.3, -0.25) is 4.79 Å². The lowest BCUT2D eigenvalue weighted by Gasteiger charge is -2.40. The minimum atomic E-state index is -0.129. The molecule has 1 aromatic carbocycles. The molecule has 2 N–H and O–H groups in total. The van der Waals surface area contributed by atoms with Gasteiger partial charge in [0.05, 0.1) is 16.5 Å². The largest absolute Gasteiger partial charge is 0.387 e. The second kappa shape index (κ2) is 7.47. The van der Waals surface area contributed by atoms with Crippen LogP contribution in [0.1, 0.15) is 32.1 Å². The van der Waals surface area contributed by atoms with Gasteiger partial charge in [-0.1, -0.05) is 18.2 Å². The number of Topliss-reactive ketones (excluding diaryl/α,β-unsaturated/α-hetero) is 1. The molecule has 2 saturated heterocycles. The smallest absolute Gasteiger partial charge is 0.160 e.